The van der Waals surface area contributed by atoms with E-state index in [1.54, 1.807) is 7.11 Å². The largest absolute Gasteiger partial charge is 0.497 e. The number of hydrogen-bond donors (Lipinski definition) is 3. The number of methoxy groups -OCH3 is 1. The highest BCUT2D eigenvalue weighted by Crippen LogP contribution is 2.17. The van der Waals surface area contributed by atoms with Crippen molar-refractivity contribution in [2.24, 2.45) is 0 Å². The van der Waals surface area contributed by atoms with Gasteiger partial charge in [0.05, 0.1) is 19.6 Å². The van der Waals surface area contributed by atoms with Crippen LogP contribution in [0.5, 0.6) is 5.75 Å². The lowest BCUT2D eigenvalue weighted by molar-refractivity contribution is -0.137. The summed E-state index contributed by atoms with van der Waals surface area (Å²) in [4.78, 5) is 22.5. The van der Waals surface area contributed by atoms with Gasteiger partial charge in [0.25, 0.3) is 0 Å². The highest BCUT2D eigenvalue weighted by atomic mass is 16.5. The maximum Gasteiger partial charge on any atom is 0.315 e. The van der Waals surface area contributed by atoms with Crippen molar-refractivity contribution in [3.63, 3.8) is 0 Å². The minimum Gasteiger partial charge on any atom is -0.497 e. The van der Waals surface area contributed by atoms with E-state index in [0.29, 0.717) is 6.42 Å². The van der Waals surface area contributed by atoms with Crippen molar-refractivity contribution in [1.82, 2.24) is 10.6 Å². The minimum atomic E-state index is -0.926. The van der Waals surface area contributed by atoms with Crippen LogP contribution in [0.4, 0.5) is 4.79 Å². The molecular formula is C15H22N2O4. The zero-order valence-corrected chi connectivity index (χ0v) is 12.6. The van der Waals surface area contributed by atoms with Gasteiger partial charge < -0.3 is 20.5 Å². The van der Waals surface area contributed by atoms with Gasteiger partial charge in [-0.3, -0.25) is 4.79 Å². The molecule has 0 aliphatic carbocycles. The fourth-order valence-corrected chi connectivity index (χ4v) is 1.91. The molecule has 2 atom stereocenters. The SMILES string of the molecule is CCC(CC(=O)O)NC(=O)NC(C)c1ccc(OC)cc1. The average molecular weight is 294 g/mol. The van der Waals surface area contributed by atoms with Gasteiger partial charge in [-0.1, -0.05) is 19.1 Å². The topological polar surface area (TPSA) is 87.7 Å². The van der Waals surface area contributed by atoms with Crippen LogP contribution in [0.1, 0.15) is 38.3 Å². The summed E-state index contributed by atoms with van der Waals surface area (Å²) in [5.74, 6) is -0.173. The van der Waals surface area contributed by atoms with E-state index in [9.17, 15) is 9.59 Å². The zero-order chi connectivity index (χ0) is 15.8. The number of urea groups is 1. The third-order valence-electron chi connectivity index (χ3n) is 3.21. The fraction of sp³-hybridized carbons (Fsp3) is 0.467. The van der Waals surface area contributed by atoms with E-state index >= 15 is 0 Å². The van der Waals surface area contributed by atoms with Gasteiger partial charge in [0, 0.05) is 6.04 Å². The Balaban J connectivity index is 2.54. The number of aliphatic carboxylic acids is 1. The quantitative estimate of drug-likeness (QED) is 0.720. The molecule has 1 rings (SSSR count). The van der Waals surface area contributed by atoms with E-state index in [1.807, 2.05) is 38.1 Å². The summed E-state index contributed by atoms with van der Waals surface area (Å²) in [5.41, 5.74) is 0.942. The Morgan fingerprint density at radius 2 is 1.86 bits per heavy atom. The summed E-state index contributed by atoms with van der Waals surface area (Å²) in [5, 5.41) is 14.2. The number of rotatable bonds is 7. The third-order valence-corrected chi connectivity index (χ3v) is 3.21. The van der Waals surface area contributed by atoms with E-state index < -0.39 is 5.97 Å². The molecule has 0 aromatic heterocycles. The molecule has 6 nitrogen and oxygen atoms in total. The lowest BCUT2D eigenvalue weighted by Crippen LogP contribution is -2.43. The first-order valence-electron chi connectivity index (χ1n) is 6.89. The van der Waals surface area contributed by atoms with Crippen molar-refractivity contribution in [2.45, 2.75) is 38.8 Å². The Morgan fingerprint density at radius 1 is 1.24 bits per heavy atom. The van der Waals surface area contributed by atoms with Crippen LogP contribution in [-0.4, -0.2) is 30.3 Å². The molecule has 0 aliphatic heterocycles. The molecule has 0 heterocycles. The van der Waals surface area contributed by atoms with Gasteiger partial charge in [-0.15, -0.1) is 0 Å². The van der Waals surface area contributed by atoms with E-state index in [0.717, 1.165) is 11.3 Å². The van der Waals surface area contributed by atoms with Crippen LogP contribution in [0.25, 0.3) is 0 Å². The number of carbonyl (C=O) groups is 2. The highest BCUT2D eigenvalue weighted by Gasteiger charge is 2.15. The summed E-state index contributed by atoms with van der Waals surface area (Å²) in [6, 6.07) is 6.47. The monoisotopic (exact) mass is 294 g/mol. The van der Waals surface area contributed by atoms with Crippen LogP contribution in [-0.2, 0) is 4.79 Å². The maximum absolute atomic E-state index is 11.9. The molecule has 3 N–H and O–H groups in total. The van der Waals surface area contributed by atoms with E-state index in [2.05, 4.69) is 10.6 Å². The van der Waals surface area contributed by atoms with Crippen molar-refractivity contribution in [2.75, 3.05) is 7.11 Å². The Bertz CT molecular complexity index is 473. The summed E-state index contributed by atoms with van der Waals surface area (Å²) in [7, 11) is 1.59. The summed E-state index contributed by atoms with van der Waals surface area (Å²) >= 11 is 0. The van der Waals surface area contributed by atoms with Crippen molar-refractivity contribution in [3.05, 3.63) is 29.8 Å². The van der Waals surface area contributed by atoms with Crippen molar-refractivity contribution in [1.29, 1.82) is 0 Å². The molecule has 0 radical (unpaired) electrons. The molecular weight excluding hydrogens is 272 g/mol. The number of nitrogens with one attached hydrogen (secondary N) is 2. The lowest BCUT2D eigenvalue weighted by Gasteiger charge is -2.19. The Hall–Kier alpha value is -2.24. The molecule has 6 heteroatoms. The van der Waals surface area contributed by atoms with Crippen molar-refractivity contribution < 1.29 is 19.4 Å². The maximum atomic E-state index is 11.9. The third kappa shape index (κ3) is 5.72. The lowest BCUT2D eigenvalue weighted by atomic mass is 10.1. The molecule has 0 fully saturated rings. The van der Waals surface area contributed by atoms with Gasteiger partial charge in [-0.25, -0.2) is 4.79 Å². The van der Waals surface area contributed by atoms with Crippen LogP contribution >= 0.6 is 0 Å². The van der Waals surface area contributed by atoms with Crippen LogP contribution in [0.2, 0.25) is 0 Å². The predicted molar refractivity (Wildman–Crippen MR) is 79.4 cm³/mol. The number of ether oxygens (including phenoxy) is 1. The summed E-state index contributed by atoms with van der Waals surface area (Å²) in [6.07, 6.45) is 0.484. The minimum absolute atomic E-state index is 0.0825. The van der Waals surface area contributed by atoms with Gasteiger partial charge in [0.2, 0.25) is 0 Å². The second-order valence-electron chi connectivity index (χ2n) is 4.82. The van der Waals surface area contributed by atoms with Gasteiger partial charge >= 0.3 is 12.0 Å². The second kappa shape index (κ2) is 8.14. The van der Waals surface area contributed by atoms with Crippen LogP contribution in [0, 0.1) is 0 Å². The molecule has 0 bridgehead atoms. The number of benzene rings is 1. The Kier molecular flexibility index (Phi) is 6.52. The number of carbonyl (C=O) groups excluding carboxylic acids is 1. The van der Waals surface area contributed by atoms with Crippen molar-refractivity contribution >= 4 is 12.0 Å². The Morgan fingerprint density at radius 3 is 2.33 bits per heavy atom. The molecule has 116 valence electrons. The first kappa shape index (κ1) is 16.8. The number of carboxylic acids is 1. The van der Waals surface area contributed by atoms with Crippen LogP contribution < -0.4 is 15.4 Å². The van der Waals surface area contributed by atoms with Gasteiger partial charge in [-0.05, 0) is 31.0 Å². The number of carboxylic acid groups (broad SMARTS) is 1. The van der Waals surface area contributed by atoms with E-state index in [1.165, 1.54) is 0 Å². The van der Waals surface area contributed by atoms with Crippen molar-refractivity contribution in [3.8, 4) is 5.75 Å². The highest BCUT2D eigenvalue weighted by molar-refractivity contribution is 5.76. The summed E-state index contributed by atoms with van der Waals surface area (Å²) in [6.45, 7) is 3.69. The molecule has 0 saturated carbocycles. The van der Waals surface area contributed by atoms with Gasteiger partial charge in [-0.2, -0.15) is 0 Å². The molecule has 1 aromatic rings. The fourth-order valence-electron chi connectivity index (χ4n) is 1.91. The molecule has 0 aliphatic rings. The molecule has 0 saturated heterocycles. The summed E-state index contributed by atoms with van der Waals surface area (Å²) < 4.78 is 5.08. The first-order valence-corrected chi connectivity index (χ1v) is 6.89. The molecule has 0 spiro atoms. The van der Waals surface area contributed by atoms with E-state index in [4.69, 9.17) is 9.84 Å². The molecule has 21 heavy (non-hydrogen) atoms. The number of amides is 2. The second-order valence-corrected chi connectivity index (χ2v) is 4.82. The smallest absolute Gasteiger partial charge is 0.315 e. The zero-order valence-electron chi connectivity index (χ0n) is 12.6. The van der Waals surface area contributed by atoms with Gasteiger partial charge in [0.15, 0.2) is 0 Å². The standard InChI is InChI=1S/C15H22N2O4/c1-4-12(9-14(18)19)17-15(20)16-10(2)11-5-7-13(21-3)8-6-11/h5-8,10,12H,4,9H2,1-3H3,(H,18,19)(H2,16,17,20). The first-order chi connectivity index (χ1) is 9.96. The average Bonchev–Trinajstić information content (AvgIpc) is 2.45. The van der Waals surface area contributed by atoms with Crippen LogP contribution in [0.3, 0.4) is 0 Å². The number of hydrogen-bond acceptors (Lipinski definition) is 3. The van der Waals surface area contributed by atoms with E-state index in [-0.39, 0.29) is 24.5 Å². The Labute approximate surface area is 124 Å². The van der Waals surface area contributed by atoms with Crippen LogP contribution in [0.15, 0.2) is 24.3 Å². The normalized spacial score (nSPS) is 13.1. The molecule has 1 aromatic carbocycles. The predicted octanol–water partition coefficient (Wildman–Crippen LogP) is 2.31. The van der Waals surface area contributed by atoms with Gasteiger partial charge in [0.1, 0.15) is 5.75 Å². The molecule has 2 amide bonds. The molecule has 2 unspecified atom stereocenters.